The fourth-order valence-electron chi connectivity index (χ4n) is 1.51. The van der Waals surface area contributed by atoms with Crippen LogP contribution in [0, 0.1) is 6.92 Å². The van der Waals surface area contributed by atoms with Gasteiger partial charge in [-0.1, -0.05) is 12.1 Å². The van der Waals surface area contributed by atoms with Crippen LogP contribution in [0.15, 0.2) is 36.7 Å². The number of ether oxygens (including phenoxy) is 1. The van der Waals surface area contributed by atoms with Crippen LogP contribution in [0.3, 0.4) is 0 Å². The van der Waals surface area contributed by atoms with Crippen molar-refractivity contribution >= 4 is 11.5 Å². The highest BCUT2D eigenvalue weighted by Crippen LogP contribution is 2.26. The van der Waals surface area contributed by atoms with E-state index in [1.165, 1.54) is 0 Å². The lowest BCUT2D eigenvalue weighted by Gasteiger charge is -2.11. The predicted molar refractivity (Wildman–Crippen MR) is 67.7 cm³/mol. The van der Waals surface area contributed by atoms with Gasteiger partial charge in [0.05, 0.1) is 12.3 Å². The minimum absolute atomic E-state index is 0.640. The quantitative estimate of drug-likeness (QED) is 0.875. The molecule has 1 heterocycles. The van der Waals surface area contributed by atoms with Crippen molar-refractivity contribution in [2.45, 2.75) is 13.8 Å². The number of rotatable bonds is 4. The van der Waals surface area contributed by atoms with Crippen molar-refractivity contribution in [3.05, 3.63) is 42.4 Å². The summed E-state index contributed by atoms with van der Waals surface area (Å²) < 4.78 is 5.53. The summed E-state index contributed by atoms with van der Waals surface area (Å²) in [7, 11) is 0. The summed E-state index contributed by atoms with van der Waals surface area (Å²) in [5, 5.41) is 3.22. The first-order chi connectivity index (χ1) is 8.29. The average molecular weight is 229 g/mol. The Morgan fingerprint density at radius 2 is 2.06 bits per heavy atom. The first-order valence-corrected chi connectivity index (χ1v) is 5.57. The molecule has 17 heavy (non-hydrogen) atoms. The van der Waals surface area contributed by atoms with E-state index in [2.05, 4.69) is 15.3 Å². The Morgan fingerprint density at radius 3 is 2.82 bits per heavy atom. The minimum atomic E-state index is 0.640. The third-order valence-electron chi connectivity index (χ3n) is 2.25. The fourth-order valence-corrected chi connectivity index (χ4v) is 1.51. The van der Waals surface area contributed by atoms with Gasteiger partial charge in [-0.05, 0) is 26.0 Å². The van der Waals surface area contributed by atoms with Crippen LogP contribution in [-0.4, -0.2) is 16.6 Å². The second-order valence-corrected chi connectivity index (χ2v) is 3.60. The van der Waals surface area contributed by atoms with Crippen molar-refractivity contribution in [2.75, 3.05) is 11.9 Å². The average Bonchev–Trinajstić information content (AvgIpc) is 2.32. The minimum Gasteiger partial charge on any atom is -0.492 e. The van der Waals surface area contributed by atoms with Gasteiger partial charge < -0.3 is 10.1 Å². The summed E-state index contributed by atoms with van der Waals surface area (Å²) in [5.74, 6) is 1.59. The number of nitrogens with zero attached hydrogens (tertiary/aromatic N) is 2. The van der Waals surface area contributed by atoms with Gasteiger partial charge in [-0.15, -0.1) is 0 Å². The fraction of sp³-hybridized carbons (Fsp3) is 0.231. The number of hydrogen-bond donors (Lipinski definition) is 1. The van der Waals surface area contributed by atoms with Gasteiger partial charge in [0.1, 0.15) is 17.9 Å². The van der Waals surface area contributed by atoms with E-state index in [0.717, 1.165) is 22.9 Å². The molecule has 4 nitrogen and oxygen atoms in total. The maximum absolute atomic E-state index is 5.53. The van der Waals surface area contributed by atoms with Crippen LogP contribution in [0.5, 0.6) is 5.75 Å². The Labute approximate surface area is 101 Å². The van der Waals surface area contributed by atoms with Crippen molar-refractivity contribution < 1.29 is 4.74 Å². The van der Waals surface area contributed by atoms with E-state index >= 15 is 0 Å². The lowest BCUT2D eigenvalue weighted by molar-refractivity contribution is 0.342. The van der Waals surface area contributed by atoms with Crippen molar-refractivity contribution in [1.29, 1.82) is 0 Å². The van der Waals surface area contributed by atoms with Crippen LogP contribution >= 0.6 is 0 Å². The molecule has 0 fully saturated rings. The van der Waals surface area contributed by atoms with Gasteiger partial charge in [0.25, 0.3) is 0 Å². The Bertz CT molecular complexity index is 500. The van der Waals surface area contributed by atoms with E-state index in [1.807, 2.05) is 44.2 Å². The van der Waals surface area contributed by atoms with Gasteiger partial charge in [0.15, 0.2) is 0 Å². The molecule has 2 rings (SSSR count). The standard InChI is InChI=1S/C13H15N3O/c1-3-17-12-7-5-4-6-11(12)16-13-8-10(2)14-9-15-13/h4-9H,3H2,1-2H3,(H,14,15,16). The molecule has 0 aliphatic heterocycles. The first kappa shape index (κ1) is 11.4. The van der Waals surface area contributed by atoms with Crippen molar-refractivity contribution in [3.63, 3.8) is 0 Å². The van der Waals surface area contributed by atoms with E-state index < -0.39 is 0 Å². The normalized spacial score (nSPS) is 10.0. The Hall–Kier alpha value is -2.10. The molecule has 2 aromatic rings. The topological polar surface area (TPSA) is 47.0 Å². The van der Waals surface area contributed by atoms with E-state index in [1.54, 1.807) is 6.33 Å². The summed E-state index contributed by atoms with van der Waals surface area (Å²) in [5.41, 5.74) is 1.84. The third kappa shape index (κ3) is 2.93. The van der Waals surface area contributed by atoms with Crippen LogP contribution in [-0.2, 0) is 0 Å². The maximum Gasteiger partial charge on any atom is 0.142 e. The molecule has 0 saturated carbocycles. The molecule has 0 saturated heterocycles. The van der Waals surface area contributed by atoms with Crippen molar-refractivity contribution in [3.8, 4) is 5.75 Å². The summed E-state index contributed by atoms with van der Waals surface area (Å²) in [6.45, 7) is 4.54. The van der Waals surface area contributed by atoms with Gasteiger partial charge in [-0.3, -0.25) is 0 Å². The number of aryl methyl sites for hydroxylation is 1. The molecule has 0 radical (unpaired) electrons. The van der Waals surface area contributed by atoms with E-state index in [-0.39, 0.29) is 0 Å². The molecule has 0 aliphatic carbocycles. The monoisotopic (exact) mass is 229 g/mol. The Morgan fingerprint density at radius 1 is 1.24 bits per heavy atom. The zero-order valence-corrected chi connectivity index (χ0v) is 9.97. The molecule has 0 spiro atoms. The molecule has 0 bridgehead atoms. The highest BCUT2D eigenvalue weighted by atomic mass is 16.5. The first-order valence-electron chi connectivity index (χ1n) is 5.57. The number of aromatic nitrogens is 2. The molecule has 1 aromatic heterocycles. The largest absolute Gasteiger partial charge is 0.492 e. The molecule has 0 atom stereocenters. The predicted octanol–water partition coefficient (Wildman–Crippen LogP) is 2.93. The van der Waals surface area contributed by atoms with Gasteiger partial charge in [-0.25, -0.2) is 9.97 Å². The van der Waals surface area contributed by atoms with Gasteiger partial charge in [0, 0.05) is 11.8 Å². The number of benzene rings is 1. The molecule has 0 aliphatic rings. The number of hydrogen-bond acceptors (Lipinski definition) is 4. The zero-order chi connectivity index (χ0) is 12.1. The lowest BCUT2D eigenvalue weighted by atomic mass is 10.3. The Balaban J connectivity index is 2.23. The highest BCUT2D eigenvalue weighted by molar-refractivity contribution is 5.63. The number of nitrogens with one attached hydrogen (secondary N) is 1. The van der Waals surface area contributed by atoms with E-state index in [0.29, 0.717) is 6.61 Å². The molecule has 0 amide bonds. The molecular formula is C13H15N3O. The lowest BCUT2D eigenvalue weighted by Crippen LogP contribution is -1.99. The molecule has 4 heteroatoms. The summed E-state index contributed by atoms with van der Waals surface area (Å²) in [6, 6.07) is 9.69. The molecular weight excluding hydrogens is 214 g/mol. The Kier molecular flexibility index (Phi) is 3.55. The molecule has 1 N–H and O–H groups in total. The van der Waals surface area contributed by atoms with Crippen molar-refractivity contribution in [1.82, 2.24) is 9.97 Å². The zero-order valence-electron chi connectivity index (χ0n) is 9.97. The van der Waals surface area contributed by atoms with E-state index in [4.69, 9.17) is 4.74 Å². The van der Waals surface area contributed by atoms with Crippen LogP contribution in [0.1, 0.15) is 12.6 Å². The van der Waals surface area contributed by atoms with Gasteiger partial charge >= 0.3 is 0 Å². The third-order valence-corrected chi connectivity index (χ3v) is 2.25. The van der Waals surface area contributed by atoms with E-state index in [9.17, 15) is 0 Å². The maximum atomic E-state index is 5.53. The van der Waals surface area contributed by atoms with Gasteiger partial charge in [0.2, 0.25) is 0 Å². The van der Waals surface area contributed by atoms with Crippen LogP contribution in [0.25, 0.3) is 0 Å². The molecule has 0 unspecified atom stereocenters. The van der Waals surface area contributed by atoms with Gasteiger partial charge in [-0.2, -0.15) is 0 Å². The van der Waals surface area contributed by atoms with Crippen LogP contribution < -0.4 is 10.1 Å². The number of para-hydroxylation sites is 2. The second-order valence-electron chi connectivity index (χ2n) is 3.60. The molecule has 1 aromatic carbocycles. The van der Waals surface area contributed by atoms with Crippen molar-refractivity contribution in [2.24, 2.45) is 0 Å². The van der Waals surface area contributed by atoms with Crippen LogP contribution in [0.4, 0.5) is 11.5 Å². The van der Waals surface area contributed by atoms with Crippen LogP contribution in [0.2, 0.25) is 0 Å². The highest BCUT2D eigenvalue weighted by Gasteiger charge is 2.03. The SMILES string of the molecule is CCOc1ccccc1Nc1cc(C)ncn1. The summed E-state index contributed by atoms with van der Waals surface area (Å²) in [6.07, 6.45) is 1.54. The second kappa shape index (κ2) is 5.30. The number of anilines is 2. The summed E-state index contributed by atoms with van der Waals surface area (Å²) in [4.78, 5) is 8.22. The smallest absolute Gasteiger partial charge is 0.142 e. The molecule has 88 valence electrons. The summed E-state index contributed by atoms with van der Waals surface area (Å²) >= 11 is 0.